The van der Waals surface area contributed by atoms with E-state index in [1.165, 1.54) is 11.3 Å². The van der Waals surface area contributed by atoms with Gasteiger partial charge in [0.1, 0.15) is 4.88 Å². The zero-order valence-electron chi connectivity index (χ0n) is 10.5. The van der Waals surface area contributed by atoms with Crippen molar-refractivity contribution in [3.05, 3.63) is 10.0 Å². The number of hydrogen-bond acceptors (Lipinski definition) is 6. The number of thiazole rings is 1. The first-order valence-electron chi connectivity index (χ1n) is 6.46. The third-order valence-electron chi connectivity index (χ3n) is 3.70. The molecule has 2 fully saturated rings. The predicted octanol–water partition coefficient (Wildman–Crippen LogP) is 1.52. The lowest BCUT2D eigenvalue weighted by Crippen LogP contribution is -2.44. The van der Waals surface area contributed by atoms with E-state index >= 15 is 0 Å². The minimum Gasteiger partial charge on any atom is -0.379 e. The standard InChI is InChI=1S/C12H16ClN3O2S/c13-11-10(8-17)19-12(14-11)16-2-1-9(7-16)15-3-5-18-6-4-15/h8-9H,1-7H2. The van der Waals surface area contributed by atoms with Crippen molar-refractivity contribution in [2.75, 3.05) is 44.3 Å². The number of aldehydes is 1. The van der Waals surface area contributed by atoms with E-state index in [2.05, 4.69) is 14.8 Å². The van der Waals surface area contributed by atoms with Crippen molar-refractivity contribution < 1.29 is 9.53 Å². The van der Waals surface area contributed by atoms with Gasteiger partial charge in [0.2, 0.25) is 0 Å². The average Bonchev–Trinajstić information content (AvgIpc) is 3.06. The molecule has 2 aliphatic rings. The van der Waals surface area contributed by atoms with Crippen LogP contribution < -0.4 is 4.90 Å². The maximum Gasteiger partial charge on any atom is 0.187 e. The van der Waals surface area contributed by atoms with Crippen molar-refractivity contribution in [2.24, 2.45) is 0 Å². The Hall–Kier alpha value is -0.690. The van der Waals surface area contributed by atoms with Crippen LogP contribution in [0, 0.1) is 0 Å². The minimum absolute atomic E-state index is 0.324. The molecular formula is C12H16ClN3O2S. The lowest BCUT2D eigenvalue weighted by atomic mass is 10.2. The van der Waals surface area contributed by atoms with Crippen LogP contribution >= 0.6 is 22.9 Å². The van der Waals surface area contributed by atoms with Crippen molar-refractivity contribution >= 4 is 34.4 Å². The number of anilines is 1. The zero-order valence-corrected chi connectivity index (χ0v) is 12.1. The third kappa shape index (κ3) is 2.76. The second-order valence-electron chi connectivity index (χ2n) is 4.81. The number of aromatic nitrogens is 1. The summed E-state index contributed by atoms with van der Waals surface area (Å²) in [6.07, 6.45) is 1.91. The van der Waals surface area contributed by atoms with Crippen LogP contribution in [0.15, 0.2) is 0 Å². The monoisotopic (exact) mass is 301 g/mol. The van der Waals surface area contributed by atoms with E-state index in [1.54, 1.807) is 0 Å². The molecule has 0 aliphatic carbocycles. The molecule has 0 aromatic carbocycles. The van der Waals surface area contributed by atoms with Gasteiger partial charge in [0.05, 0.1) is 13.2 Å². The van der Waals surface area contributed by atoms with E-state index in [4.69, 9.17) is 16.3 Å². The highest BCUT2D eigenvalue weighted by atomic mass is 35.5. The van der Waals surface area contributed by atoms with Gasteiger partial charge in [0.15, 0.2) is 16.6 Å². The van der Waals surface area contributed by atoms with Crippen LogP contribution in [0.2, 0.25) is 5.15 Å². The molecule has 0 amide bonds. The summed E-state index contributed by atoms with van der Waals surface area (Å²) in [7, 11) is 0. The number of ether oxygens (including phenoxy) is 1. The largest absolute Gasteiger partial charge is 0.379 e. The summed E-state index contributed by atoms with van der Waals surface area (Å²) < 4.78 is 5.38. The van der Waals surface area contributed by atoms with E-state index in [0.717, 1.165) is 57.2 Å². The van der Waals surface area contributed by atoms with E-state index in [-0.39, 0.29) is 0 Å². The van der Waals surface area contributed by atoms with E-state index in [1.807, 2.05) is 0 Å². The lowest BCUT2D eigenvalue weighted by Gasteiger charge is -2.32. The number of halogens is 1. The molecule has 0 radical (unpaired) electrons. The Bertz CT molecular complexity index is 462. The van der Waals surface area contributed by atoms with Crippen LogP contribution in [0.4, 0.5) is 5.13 Å². The molecule has 1 atom stereocenters. The van der Waals surface area contributed by atoms with E-state index < -0.39 is 0 Å². The predicted molar refractivity (Wildman–Crippen MR) is 75.5 cm³/mol. The first-order chi connectivity index (χ1) is 9.28. The number of carbonyl (C=O) groups is 1. The van der Waals surface area contributed by atoms with Gasteiger partial charge in [-0.2, -0.15) is 0 Å². The normalized spacial score (nSPS) is 24.9. The smallest absolute Gasteiger partial charge is 0.187 e. The average molecular weight is 302 g/mol. The Morgan fingerprint density at radius 2 is 2.16 bits per heavy atom. The molecule has 0 N–H and O–H groups in total. The quantitative estimate of drug-likeness (QED) is 0.792. The molecule has 0 bridgehead atoms. The Morgan fingerprint density at radius 1 is 1.37 bits per heavy atom. The molecule has 3 heterocycles. The first-order valence-corrected chi connectivity index (χ1v) is 7.65. The summed E-state index contributed by atoms with van der Waals surface area (Å²) in [5.41, 5.74) is 0. The molecule has 7 heteroatoms. The first kappa shape index (κ1) is 13.3. The molecule has 1 aromatic heterocycles. The van der Waals surface area contributed by atoms with Crippen LogP contribution in [0.5, 0.6) is 0 Å². The van der Waals surface area contributed by atoms with Gasteiger partial charge >= 0.3 is 0 Å². The maximum atomic E-state index is 10.8. The van der Waals surface area contributed by atoms with Gasteiger partial charge in [-0.3, -0.25) is 9.69 Å². The fourth-order valence-corrected chi connectivity index (χ4v) is 3.76. The second-order valence-corrected chi connectivity index (χ2v) is 6.17. The molecule has 1 unspecified atom stereocenters. The van der Waals surface area contributed by atoms with E-state index in [0.29, 0.717) is 16.1 Å². The number of rotatable bonds is 3. The highest BCUT2D eigenvalue weighted by Gasteiger charge is 2.30. The minimum atomic E-state index is 0.324. The van der Waals surface area contributed by atoms with Gasteiger partial charge in [0.25, 0.3) is 0 Å². The number of morpholine rings is 1. The van der Waals surface area contributed by atoms with Gasteiger partial charge in [-0.05, 0) is 6.42 Å². The Morgan fingerprint density at radius 3 is 2.84 bits per heavy atom. The Kier molecular flexibility index (Phi) is 4.02. The lowest BCUT2D eigenvalue weighted by molar-refractivity contribution is 0.0209. The Balaban J connectivity index is 1.65. The second kappa shape index (κ2) is 5.75. The molecule has 1 aromatic rings. The molecule has 3 rings (SSSR count). The van der Waals surface area contributed by atoms with Crippen molar-refractivity contribution in [3.63, 3.8) is 0 Å². The van der Waals surface area contributed by atoms with Gasteiger partial charge in [-0.25, -0.2) is 4.98 Å². The Labute approximate surface area is 121 Å². The van der Waals surface area contributed by atoms with Crippen molar-refractivity contribution in [2.45, 2.75) is 12.5 Å². The number of carbonyl (C=O) groups excluding carboxylic acids is 1. The van der Waals surface area contributed by atoms with Gasteiger partial charge < -0.3 is 9.64 Å². The molecule has 0 saturated carbocycles. The summed E-state index contributed by atoms with van der Waals surface area (Å²) in [5, 5.41) is 1.19. The number of nitrogens with zero attached hydrogens (tertiary/aromatic N) is 3. The fourth-order valence-electron chi connectivity index (χ4n) is 2.67. The van der Waals surface area contributed by atoms with Gasteiger partial charge in [-0.15, -0.1) is 0 Å². The summed E-state index contributed by atoms with van der Waals surface area (Å²) in [6, 6.07) is 0.561. The molecule has 104 valence electrons. The summed E-state index contributed by atoms with van der Waals surface area (Å²) >= 11 is 7.30. The van der Waals surface area contributed by atoms with Crippen molar-refractivity contribution in [1.29, 1.82) is 0 Å². The summed E-state index contributed by atoms with van der Waals surface area (Å²) in [5.74, 6) is 0. The van der Waals surface area contributed by atoms with Crippen molar-refractivity contribution in [1.82, 2.24) is 9.88 Å². The fraction of sp³-hybridized carbons (Fsp3) is 0.667. The van der Waals surface area contributed by atoms with Crippen LogP contribution in [-0.2, 0) is 4.74 Å². The summed E-state index contributed by atoms with van der Waals surface area (Å²) in [6.45, 7) is 5.61. The topological polar surface area (TPSA) is 45.7 Å². The molecule has 2 aliphatic heterocycles. The molecular weight excluding hydrogens is 286 g/mol. The third-order valence-corrected chi connectivity index (χ3v) is 5.14. The van der Waals surface area contributed by atoms with Crippen LogP contribution in [0.25, 0.3) is 0 Å². The van der Waals surface area contributed by atoms with Gasteiger partial charge in [0, 0.05) is 32.2 Å². The van der Waals surface area contributed by atoms with Crippen LogP contribution in [-0.4, -0.2) is 61.6 Å². The van der Waals surface area contributed by atoms with Crippen LogP contribution in [0.3, 0.4) is 0 Å². The van der Waals surface area contributed by atoms with Crippen molar-refractivity contribution in [3.8, 4) is 0 Å². The van der Waals surface area contributed by atoms with Gasteiger partial charge in [-0.1, -0.05) is 22.9 Å². The molecule has 0 spiro atoms. The maximum absolute atomic E-state index is 10.8. The highest BCUT2D eigenvalue weighted by Crippen LogP contribution is 2.31. The highest BCUT2D eigenvalue weighted by molar-refractivity contribution is 7.17. The van der Waals surface area contributed by atoms with Crippen LogP contribution in [0.1, 0.15) is 16.1 Å². The SMILES string of the molecule is O=Cc1sc(N2CCC(N3CCOCC3)C2)nc1Cl. The van der Waals surface area contributed by atoms with E-state index in [9.17, 15) is 4.79 Å². The zero-order chi connectivity index (χ0) is 13.2. The summed E-state index contributed by atoms with van der Waals surface area (Å²) in [4.78, 5) is 20.3. The molecule has 2 saturated heterocycles. The molecule has 19 heavy (non-hydrogen) atoms. The molecule has 5 nitrogen and oxygen atoms in total. The number of hydrogen-bond donors (Lipinski definition) is 0.